The number of amides is 2. The van der Waals surface area contributed by atoms with Crippen molar-refractivity contribution in [2.75, 3.05) is 5.32 Å². The molecule has 3 rings (SSSR count). The van der Waals surface area contributed by atoms with Crippen molar-refractivity contribution in [3.8, 4) is 0 Å². The van der Waals surface area contributed by atoms with Crippen LogP contribution in [0.3, 0.4) is 0 Å². The molecule has 1 aliphatic rings. The smallest absolute Gasteiger partial charge is 0.318 e. The van der Waals surface area contributed by atoms with Crippen LogP contribution in [0.1, 0.15) is 29.9 Å². The molecule has 0 aliphatic heterocycles. The number of primary amides is 1. The first-order valence-corrected chi connectivity index (χ1v) is 8.13. The summed E-state index contributed by atoms with van der Waals surface area (Å²) in [6.07, 6.45) is 2.60. The number of thioether (sulfide) groups is 1. The molecule has 0 radical (unpaired) electrons. The predicted molar refractivity (Wildman–Crippen MR) is 81.1 cm³/mol. The second-order valence-electron chi connectivity index (χ2n) is 4.62. The molecule has 2 amide bonds. The van der Waals surface area contributed by atoms with E-state index in [-0.39, 0.29) is 0 Å². The van der Waals surface area contributed by atoms with Crippen LogP contribution in [0.15, 0.2) is 28.6 Å². The summed E-state index contributed by atoms with van der Waals surface area (Å²) < 4.78 is 0.833. The summed E-state index contributed by atoms with van der Waals surface area (Å²) in [6, 6.07) is 7.94. The molecule has 1 saturated carbocycles. The van der Waals surface area contributed by atoms with E-state index in [9.17, 15) is 4.79 Å². The minimum atomic E-state index is -0.614. The number of aromatic nitrogens is 2. The molecule has 104 valence electrons. The molecular weight excluding hydrogens is 292 g/mol. The summed E-state index contributed by atoms with van der Waals surface area (Å²) in [5.41, 5.74) is 7.86. The molecule has 1 aromatic carbocycles. The normalized spacial score (nSPS) is 14.2. The van der Waals surface area contributed by atoms with Crippen molar-refractivity contribution in [2.45, 2.75) is 28.9 Å². The summed E-state index contributed by atoms with van der Waals surface area (Å²) in [5, 5.41) is 10.8. The molecule has 7 heteroatoms. The van der Waals surface area contributed by atoms with E-state index in [0.29, 0.717) is 5.13 Å². The molecule has 0 bridgehead atoms. The van der Waals surface area contributed by atoms with Gasteiger partial charge in [0.15, 0.2) is 4.34 Å². The molecule has 1 fully saturated rings. The van der Waals surface area contributed by atoms with Gasteiger partial charge in [0, 0.05) is 5.75 Å². The fraction of sp³-hybridized carbons (Fsp3) is 0.308. The second kappa shape index (κ2) is 5.80. The first-order valence-electron chi connectivity index (χ1n) is 6.33. The van der Waals surface area contributed by atoms with Crippen LogP contribution in [0.5, 0.6) is 0 Å². The number of carbonyl (C=O) groups is 1. The lowest BCUT2D eigenvalue weighted by molar-refractivity contribution is 0.259. The molecule has 1 heterocycles. The topological polar surface area (TPSA) is 80.9 Å². The van der Waals surface area contributed by atoms with E-state index in [1.54, 1.807) is 11.8 Å². The van der Waals surface area contributed by atoms with Gasteiger partial charge < -0.3 is 5.73 Å². The highest BCUT2D eigenvalue weighted by molar-refractivity contribution is 8.00. The summed E-state index contributed by atoms with van der Waals surface area (Å²) >= 11 is 2.97. The summed E-state index contributed by atoms with van der Waals surface area (Å²) in [5.74, 6) is 1.62. The molecule has 0 saturated heterocycles. The zero-order valence-corrected chi connectivity index (χ0v) is 12.3. The van der Waals surface area contributed by atoms with E-state index < -0.39 is 6.03 Å². The van der Waals surface area contributed by atoms with E-state index >= 15 is 0 Å². The van der Waals surface area contributed by atoms with Crippen molar-refractivity contribution in [3.63, 3.8) is 0 Å². The number of nitrogens with two attached hydrogens (primary N) is 1. The van der Waals surface area contributed by atoms with Gasteiger partial charge in [0.2, 0.25) is 5.13 Å². The average Bonchev–Trinajstić information content (AvgIpc) is 3.18. The van der Waals surface area contributed by atoms with Gasteiger partial charge >= 0.3 is 6.03 Å². The van der Waals surface area contributed by atoms with Crippen LogP contribution in [0, 0.1) is 0 Å². The Hall–Kier alpha value is -1.60. The first-order chi connectivity index (χ1) is 9.72. The third-order valence-electron chi connectivity index (χ3n) is 3.06. The predicted octanol–water partition coefficient (Wildman–Crippen LogP) is 3.20. The molecule has 0 unspecified atom stereocenters. The number of anilines is 1. The van der Waals surface area contributed by atoms with E-state index in [4.69, 9.17) is 5.73 Å². The number of nitrogens with zero attached hydrogens (tertiary/aromatic N) is 2. The van der Waals surface area contributed by atoms with Crippen molar-refractivity contribution in [1.29, 1.82) is 0 Å². The van der Waals surface area contributed by atoms with Gasteiger partial charge in [-0.1, -0.05) is 47.4 Å². The minimum Gasteiger partial charge on any atom is -0.351 e. The third-order valence-corrected chi connectivity index (χ3v) is 5.08. The van der Waals surface area contributed by atoms with Crippen molar-refractivity contribution in [1.82, 2.24) is 10.2 Å². The van der Waals surface area contributed by atoms with Crippen molar-refractivity contribution >= 4 is 34.3 Å². The largest absolute Gasteiger partial charge is 0.351 e. The van der Waals surface area contributed by atoms with E-state index in [1.807, 2.05) is 0 Å². The van der Waals surface area contributed by atoms with Crippen LogP contribution in [0.4, 0.5) is 9.93 Å². The molecule has 3 N–H and O–H groups in total. The molecule has 1 aliphatic carbocycles. The molecule has 5 nitrogen and oxygen atoms in total. The molecule has 0 spiro atoms. The fourth-order valence-corrected chi connectivity index (χ4v) is 3.79. The lowest BCUT2D eigenvalue weighted by Crippen LogP contribution is -2.18. The first kappa shape index (κ1) is 13.4. The number of carbonyl (C=O) groups excluding carboxylic acids is 1. The van der Waals surface area contributed by atoms with Crippen LogP contribution in [0.25, 0.3) is 0 Å². The number of benzene rings is 1. The summed E-state index contributed by atoms with van der Waals surface area (Å²) in [4.78, 5) is 10.7. The maximum atomic E-state index is 10.7. The van der Waals surface area contributed by atoms with Crippen LogP contribution in [-0.2, 0) is 5.75 Å². The zero-order chi connectivity index (χ0) is 13.9. The number of nitrogens with one attached hydrogen (secondary N) is 1. The zero-order valence-electron chi connectivity index (χ0n) is 10.7. The van der Waals surface area contributed by atoms with Crippen molar-refractivity contribution in [2.24, 2.45) is 5.73 Å². The van der Waals surface area contributed by atoms with Gasteiger partial charge in [-0.15, -0.1) is 10.2 Å². The molecule has 2 aromatic rings. The summed E-state index contributed by atoms with van der Waals surface area (Å²) in [7, 11) is 0. The highest BCUT2D eigenvalue weighted by atomic mass is 32.2. The second-order valence-corrected chi connectivity index (χ2v) is 6.82. The van der Waals surface area contributed by atoms with Gasteiger partial charge in [0.05, 0.1) is 0 Å². The lowest BCUT2D eigenvalue weighted by Gasteiger charge is -2.06. The Morgan fingerprint density at radius 1 is 1.40 bits per heavy atom. The van der Waals surface area contributed by atoms with Crippen LogP contribution < -0.4 is 11.1 Å². The third kappa shape index (κ3) is 3.29. The molecular formula is C13H14N4OS2. The maximum absolute atomic E-state index is 10.7. The van der Waals surface area contributed by atoms with Crippen LogP contribution in [-0.4, -0.2) is 16.2 Å². The highest BCUT2D eigenvalue weighted by Gasteiger charge is 2.25. The minimum absolute atomic E-state index is 0.440. The Kier molecular flexibility index (Phi) is 3.88. The number of hydrogen-bond donors (Lipinski definition) is 2. The lowest BCUT2D eigenvalue weighted by atomic mass is 10.1. The van der Waals surface area contributed by atoms with Gasteiger partial charge in [-0.2, -0.15) is 0 Å². The van der Waals surface area contributed by atoms with Gasteiger partial charge in [-0.25, -0.2) is 4.79 Å². The maximum Gasteiger partial charge on any atom is 0.318 e. The van der Waals surface area contributed by atoms with Crippen molar-refractivity contribution in [3.05, 3.63) is 35.4 Å². The number of rotatable bonds is 5. The van der Waals surface area contributed by atoms with Gasteiger partial charge in [0.25, 0.3) is 0 Å². The van der Waals surface area contributed by atoms with E-state index in [2.05, 4.69) is 39.8 Å². The fourth-order valence-electron chi connectivity index (χ4n) is 2.02. The summed E-state index contributed by atoms with van der Waals surface area (Å²) in [6.45, 7) is 0. The van der Waals surface area contributed by atoms with Gasteiger partial charge in [-0.05, 0) is 29.9 Å². The van der Waals surface area contributed by atoms with E-state index in [0.717, 1.165) is 16.0 Å². The monoisotopic (exact) mass is 306 g/mol. The Morgan fingerprint density at radius 2 is 2.20 bits per heavy atom. The van der Waals surface area contributed by atoms with E-state index in [1.165, 1.54) is 35.3 Å². The van der Waals surface area contributed by atoms with Crippen molar-refractivity contribution < 1.29 is 4.79 Å². The molecule has 1 aromatic heterocycles. The van der Waals surface area contributed by atoms with Gasteiger partial charge in [0.1, 0.15) is 0 Å². The van der Waals surface area contributed by atoms with Crippen LogP contribution >= 0.6 is 23.1 Å². The van der Waals surface area contributed by atoms with Gasteiger partial charge in [-0.3, -0.25) is 5.32 Å². The Bertz CT molecular complexity index is 624. The standard InChI is InChI=1S/C13H14N4OS2/c14-11(18)15-12-16-17-13(20-12)19-7-9-3-1-2-4-10(9)8-5-6-8/h1-4,8H,5-7H2,(H3,14,15,16,18). The highest BCUT2D eigenvalue weighted by Crippen LogP contribution is 2.42. The Labute approximate surface area is 125 Å². The Morgan fingerprint density at radius 3 is 2.95 bits per heavy atom. The average molecular weight is 306 g/mol. The van der Waals surface area contributed by atoms with Crippen LogP contribution in [0.2, 0.25) is 0 Å². The Balaban J connectivity index is 1.64. The molecule has 20 heavy (non-hydrogen) atoms. The molecule has 0 atom stereocenters. The number of urea groups is 1. The number of hydrogen-bond acceptors (Lipinski definition) is 5. The SMILES string of the molecule is NC(=O)Nc1nnc(SCc2ccccc2C2CC2)s1. The quantitative estimate of drug-likeness (QED) is 0.656.